The summed E-state index contributed by atoms with van der Waals surface area (Å²) >= 11 is 6.05. The molecule has 1 aliphatic rings. The molecule has 0 aliphatic carbocycles. The topological polar surface area (TPSA) is 96.0 Å². The van der Waals surface area contributed by atoms with Gasteiger partial charge in [0.2, 0.25) is 15.9 Å². The second-order valence-electron chi connectivity index (χ2n) is 7.40. The van der Waals surface area contributed by atoms with Crippen molar-refractivity contribution in [2.24, 2.45) is 0 Å². The lowest BCUT2D eigenvalue weighted by atomic mass is 10.1. The molecule has 172 valence electrons. The van der Waals surface area contributed by atoms with E-state index in [0.717, 1.165) is 10.6 Å². The number of benzene rings is 2. The molecule has 10 heteroatoms. The number of amides is 2. The fraction of sp³-hybridized carbons (Fsp3) is 0.364. The number of hydrogen-bond donors (Lipinski definition) is 1. The fourth-order valence-corrected chi connectivity index (χ4v) is 4.99. The highest BCUT2D eigenvalue weighted by atomic mass is 35.5. The van der Waals surface area contributed by atoms with E-state index in [0.29, 0.717) is 48.3 Å². The standard InChI is InChI=1S/C22H26ClN3O5S/c1-3-20(26(32(2,29)30)17-8-6-7-16(23)15-17)21(27)24-19-10-5-4-9-18(19)22(28)25-11-13-31-14-12-25/h4-10,15,20H,3,11-14H2,1-2H3,(H,24,27)/t20-/m0/s1. The highest BCUT2D eigenvalue weighted by Gasteiger charge is 2.32. The molecule has 1 N–H and O–H groups in total. The minimum atomic E-state index is -3.80. The molecule has 1 saturated heterocycles. The van der Waals surface area contributed by atoms with Crippen LogP contribution < -0.4 is 9.62 Å². The SMILES string of the molecule is CC[C@@H](C(=O)Nc1ccccc1C(=O)N1CCOCC1)N(c1cccc(Cl)c1)S(C)(=O)=O. The van der Waals surface area contributed by atoms with Crippen molar-refractivity contribution in [1.82, 2.24) is 4.90 Å². The van der Waals surface area contributed by atoms with Crippen LogP contribution in [0.4, 0.5) is 11.4 Å². The van der Waals surface area contributed by atoms with E-state index < -0.39 is 22.0 Å². The van der Waals surface area contributed by atoms with Gasteiger partial charge in [0.15, 0.2) is 0 Å². The van der Waals surface area contributed by atoms with Crippen molar-refractivity contribution in [1.29, 1.82) is 0 Å². The van der Waals surface area contributed by atoms with Crippen molar-refractivity contribution in [2.75, 3.05) is 42.2 Å². The first kappa shape index (κ1) is 24.0. The van der Waals surface area contributed by atoms with Crippen LogP contribution in [-0.2, 0) is 19.6 Å². The predicted octanol–water partition coefficient (Wildman–Crippen LogP) is 3.00. The Kier molecular flexibility index (Phi) is 7.76. The summed E-state index contributed by atoms with van der Waals surface area (Å²) in [6.45, 7) is 3.57. The van der Waals surface area contributed by atoms with Crippen LogP contribution >= 0.6 is 11.6 Å². The van der Waals surface area contributed by atoms with Gasteiger partial charge in [0.25, 0.3) is 5.91 Å². The molecule has 0 bridgehead atoms. The highest BCUT2D eigenvalue weighted by Crippen LogP contribution is 2.27. The van der Waals surface area contributed by atoms with Crippen LogP contribution in [0, 0.1) is 0 Å². The van der Waals surface area contributed by atoms with Crippen LogP contribution in [0.1, 0.15) is 23.7 Å². The number of nitrogens with zero attached hydrogens (tertiary/aromatic N) is 2. The Morgan fingerprint density at radius 1 is 1.16 bits per heavy atom. The molecule has 1 atom stereocenters. The molecule has 0 radical (unpaired) electrons. The van der Waals surface area contributed by atoms with E-state index in [-0.39, 0.29) is 12.3 Å². The average Bonchev–Trinajstić information content (AvgIpc) is 2.77. The number of hydrogen-bond acceptors (Lipinski definition) is 5. The van der Waals surface area contributed by atoms with Crippen LogP contribution in [0.15, 0.2) is 48.5 Å². The Bertz CT molecular complexity index is 1090. The van der Waals surface area contributed by atoms with Gasteiger partial charge in [-0.25, -0.2) is 8.42 Å². The zero-order chi connectivity index (χ0) is 23.3. The number of halogens is 1. The number of nitrogens with one attached hydrogen (secondary N) is 1. The third-order valence-electron chi connectivity index (χ3n) is 5.11. The summed E-state index contributed by atoms with van der Waals surface area (Å²) in [4.78, 5) is 27.9. The maximum absolute atomic E-state index is 13.2. The lowest BCUT2D eigenvalue weighted by molar-refractivity contribution is -0.117. The van der Waals surface area contributed by atoms with Crippen molar-refractivity contribution in [2.45, 2.75) is 19.4 Å². The molecule has 3 rings (SSSR count). The predicted molar refractivity (Wildman–Crippen MR) is 125 cm³/mol. The second kappa shape index (κ2) is 10.3. The van der Waals surface area contributed by atoms with E-state index >= 15 is 0 Å². The normalized spacial score (nSPS) is 15.2. The van der Waals surface area contributed by atoms with Gasteiger partial charge < -0.3 is 15.0 Å². The Morgan fingerprint density at radius 2 is 1.84 bits per heavy atom. The largest absolute Gasteiger partial charge is 0.378 e. The number of morpholine rings is 1. The zero-order valence-corrected chi connectivity index (χ0v) is 19.5. The van der Waals surface area contributed by atoms with Gasteiger partial charge in [-0.2, -0.15) is 0 Å². The molecule has 32 heavy (non-hydrogen) atoms. The molecule has 2 amide bonds. The van der Waals surface area contributed by atoms with E-state index in [1.54, 1.807) is 54.3 Å². The van der Waals surface area contributed by atoms with E-state index in [1.807, 2.05) is 0 Å². The van der Waals surface area contributed by atoms with Crippen LogP contribution in [0.3, 0.4) is 0 Å². The van der Waals surface area contributed by atoms with Crippen LogP contribution in [0.5, 0.6) is 0 Å². The summed E-state index contributed by atoms with van der Waals surface area (Å²) in [5.41, 5.74) is 0.956. The van der Waals surface area contributed by atoms with Crippen molar-refractivity contribution >= 4 is 44.8 Å². The number of ether oxygens (including phenoxy) is 1. The molecule has 2 aromatic rings. The third-order valence-corrected chi connectivity index (χ3v) is 6.52. The summed E-state index contributed by atoms with van der Waals surface area (Å²) in [6.07, 6.45) is 1.25. The van der Waals surface area contributed by atoms with Gasteiger partial charge in [-0.3, -0.25) is 13.9 Å². The average molecular weight is 480 g/mol. The lowest BCUT2D eigenvalue weighted by Gasteiger charge is -2.31. The molecular formula is C22H26ClN3O5S. The van der Waals surface area contributed by atoms with Gasteiger partial charge in [0, 0.05) is 18.1 Å². The molecular weight excluding hydrogens is 454 g/mol. The molecule has 0 aromatic heterocycles. The van der Waals surface area contributed by atoms with Crippen LogP contribution in [-0.4, -0.2) is 63.7 Å². The second-order valence-corrected chi connectivity index (χ2v) is 9.70. The third kappa shape index (κ3) is 5.59. The van der Waals surface area contributed by atoms with Gasteiger partial charge in [-0.05, 0) is 36.8 Å². The first-order valence-corrected chi connectivity index (χ1v) is 12.5. The molecule has 1 heterocycles. The summed E-state index contributed by atoms with van der Waals surface area (Å²) in [7, 11) is -3.80. The summed E-state index contributed by atoms with van der Waals surface area (Å²) in [5, 5.41) is 3.12. The maximum Gasteiger partial charge on any atom is 0.256 e. The summed E-state index contributed by atoms with van der Waals surface area (Å²) in [5.74, 6) is -0.757. The summed E-state index contributed by atoms with van der Waals surface area (Å²) < 4.78 is 31.6. The number of anilines is 2. The van der Waals surface area contributed by atoms with E-state index in [1.165, 1.54) is 6.07 Å². The minimum absolute atomic E-state index is 0.213. The zero-order valence-electron chi connectivity index (χ0n) is 18.0. The van der Waals surface area contributed by atoms with Gasteiger partial charge in [0.1, 0.15) is 6.04 Å². The van der Waals surface area contributed by atoms with E-state index in [9.17, 15) is 18.0 Å². The molecule has 1 aliphatic heterocycles. The molecule has 0 spiro atoms. The Balaban J connectivity index is 1.90. The molecule has 8 nitrogen and oxygen atoms in total. The lowest BCUT2D eigenvalue weighted by Crippen LogP contribution is -2.47. The smallest absolute Gasteiger partial charge is 0.256 e. The Hall–Kier alpha value is -2.62. The maximum atomic E-state index is 13.2. The van der Waals surface area contributed by atoms with Gasteiger partial charge in [0.05, 0.1) is 36.4 Å². The van der Waals surface area contributed by atoms with Crippen LogP contribution in [0.25, 0.3) is 0 Å². The number of carbonyl (C=O) groups is 2. The van der Waals surface area contributed by atoms with Gasteiger partial charge in [-0.1, -0.05) is 36.7 Å². The fourth-order valence-electron chi connectivity index (χ4n) is 3.60. The quantitative estimate of drug-likeness (QED) is 0.658. The first-order chi connectivity index (χ1) is 15.2. The number of sulfonamides is 1. The Morgan fingerprint density at radius 3 is 2.47 bits per heavy atom. The monoisotopic (exact) mass is 479 g/mol. The van der Waals surface area contributed by atoms with Crippen molar-refractivity contribution in [3.63, 3.8) is 0 Å². The van der Waals surface area contributed by atoms with Crippen molar-refractivity contribution < 1.29 is 22.7 Å². The first-order valence-electron chi connectivity index (χ1n) is 10.2. The number of rotatable bonds is 7. The van der Waals surface area contributed by atoms with Gasteiger partial charge in [-0.15, -0.1) is 0 Å². The molecule has 1 fully saturated rings. The number of carbonyl (C=O) groups excluding carboxylic acids is 2. The van der Waals surface area contributed by atoms with E-state index in [4.69, 9.17) is 16.3 Å². The molecule has 0 unspecified atom stereocenters. The molecule has 0 saturated carbocycles. The number of para-hydroxylation sites is 1. The van der Waals surface area contributed by atoms with Gasteiger partial charge >= 0.3 is 0 Å². The minimum Gasteiger partial charge on any atom is -0.378 e. The van der Waals surface area contributed by atoms with E-state index in [2.05, 4.69) is 5.32 Å². The highest BCUT2D eigenvalue weighted by molar-refractivity contribution is 7.92. The van der Waals surface area contributed by atoms with Crippen LogP contribution in [0.2, 0.25) is 5.02 Å². The summed E-state index contributed by atoms with van der Waals surface area (Å²) in [6, 6.07) is 12.0. The molecule has 2 aromatic carbocycles. The van der Waals surface area contributed by atoms with Crippen molar-refractivity contribution in [3.05, 3.63) is 59.1 Å². The Labute approximate surface area is 193 Å². The van der Waals surface area contributed by atoms with Crippen molar-refractivity contribution in [3.8, 4) is 0 Å².